The summed E-state index contributed by atoms with van der Waals surface area (Å²) in [6, 6.07) is 3.00. The lowest BCUT2D eigenvalue weighted by Gasteiger charge is -2.16. The van der Waals surface area contributed by atoms with Crippen molar-refractivity contribution < 1.29 is 14.7 Å². The van der Waals surface area contributed by atoms with E-state index in [1.165, 1.54) is 17.9 Å². The van der Waals surface area contributed by atoms with E-state index >= 15 is 0 Å². The minimum Gasteiger partial charge on any atom is -0.506 e. The topological polar surface area (TPSA) is 83.6 Å². The SMILES string of the molecule is CC(=O)N1CCc2c(C(=O)CN)ccc(O)c21. The first-order valence-electron chi connectivity index (χ1n) is 5.42. The van der Waals surface area contributed by atoms with Gasteiger partial charge in [0, 0.05) is 19.0 Å². The van der Waals surface area contributed by atoms with Crippen molar-refractivity contribution >= 4 is 17.4 Å². The number of nitrogens with two attached hydrogens (primary N) is 1. The molecular weight excluding hydrogens is 220 g/mol. The van der Waals surface area contributed by atoms with Crippen LogP contribution in [0.2, 0.25) is 0 Å². The molecule has 1 amide bonds. The van der Waals surface area contributed by atoms with Crippen LogP contribution in [0.1, 0.15) is 22.8 Å². The monoisotopic (exact) mass is 234 g/mol. The molecule has 1 aliphatic rings. The molecule has 3 N–H and O–H groups in total. The van der Waals surface area contributed by atoms with Crippen LogP contribution in [0, 0.1) is 0 Å². The maximum absolute atomic E-state index is 11.7. The van der Waals surface area contributed by atoms with E-state index in [4.69, 9.17) is 5.73 Å². The van der Waals surface area contributed by atoms with Gasteiger partial charge in [-0.05, 0) is 24.1 Å². The number of rotatable bonds is 2. The summed E-state index contributed by atoms with van der Waals surface area (Å²) < 4.78 is 0. The first-order chi connectivity index (χ1) is 8.06. The van der Waals surface area contributed by atoms with E-state index in [1.54, 1.807) is 6.07 Å². The van der Waals surface area contributed by atoms with Gasteiger partial charge in [-0.3, -0.25) is 9.59 Å². The van der Waals surface area contributed by atoms with Crippen LogP contribution in [0.3, 0.4) is 0 Å². The second-order valence-electron chi connectivity index (χ2n) is 4.01. The summed E-state index contributed by atoms with van der Waals surface area (Å²) in [6.45, 7) is 1.86. The third-order valence-electron chi connectivity index (χ3n) is 2.98. The fourth-order valence-corrected chi connectivity index (χ4v) is 2.20. The summed E-state index contributed by atoms with van der Waals surface area (Å²) in [7, 11) is 0. The van der Waals surface area contributed by atoms with Crippen LogP contribution < -0.4 is 10.6 Å². The average Bonchev–Trinajstić information content (AvgIpc) is 2.74. The lowest BCUT2D eigenvalue weighted by atomic mass is 10.0. The third-order valence-corrected chi connectivity index (χ3v) is 2.98. The smallest absolute Gasteiger partial charge is 0.223 e. The van der Waals surface area contributed by atoms with Gasteiger partial charge in [0.25, 0.3) is 0 Å². The molecule has 1 aromatic rings. The average molecular weight is 234 g/mol. The minimum atomic E-state index is -0.174. The highest BCUT2D eigenvalue weighted by Crippen LogP contribution is 2.38. The van der Waals surface area contributed by atoms with Gasteiger partial charge in [0.2, 0.25) is 5.91 Å². The van der Waals surface area contributed by atoms with Gasteiger partial charge in [-0.2, -0.15) is 0 Å². The Morgan fingerprint density at radius 2 is 2.18 bits per heavy atom. The number of phenols is 1. The minimum absolute atomic E-state index is 0.0290. The number of carbonyl (C=O) groups excluding carboxylic acids is 2. The van der Waals surface area contributed by atoms with Gasteiger partial charge in [0.1, 0.15) is 5.75 Å². The highest BCUT2D eigenvalue weighted by atomic mass is 16.3. The zero-order chi connectivity index (χ0) is 12.6. The summed E-state index contributed by atoms with van der Waals surface area (Å²) in [5.41, 5.74) is 7.02. The fourth-order valence-electron chi connectivity index (χ4n) is 2.20. The van der Waals surface area contributed by atoms with Crippen LogP contribution in [0.5, 0.6) is 5.75 Å². The molecule has 0 unspecified atom stereocenters. The number of aromatic hydroxyl groups is 1. The van der Waals surface area contributed by atoms with Crippen LogP contribution in [-0.2, 0) is 11.2 Å². The van der Waals surface area contributed by atoms with Crippen molar-refractivity contribution in [2.45, 2.75) is 13.3 Å². The van der Waals surface area contributed by atoms with Gasteiger partial charge < -0.3 is 15.7 Å². The summed E-state index contributed by atoms with van der Waals surface area (Å²) in [5, 5.41) is 9.79. The number of ketones is 1. The van der Waals surface area contributed by atoms with Crippen molar-refractivity contribution in [2.24, 2.45) is 5.73 Å². The number of hydrogen-bond donors (Lipinski definition) is 2. The van der Waals surface area contributed by atoms with Crippen molar-refractivity contribution in [3.05, 3.63) is 23.3 Å². The van der Waals surface area contributed by atoms with Crippen LogP contribution in [0.4, 0.5) is 5.69 Å². The number of anilines is 1. The maximum Gasteiger partial charge on any atom is 0.223 e. The largest absolute Gasteiger partial charge is 0.506 e. The summed E-state index contributed by atoms with van der Waals surface area (Å²) in [6.07, 6.45) is 0.574. The molecule has 0 radical (unpaired) electrons. The van der Waals surface area contributed by atoms with E-state index in [1.807, 2.05) is 0 Å². The molecule has 2 rings (SSSR count). The highest BCUT2D eigenvalue weighted by molar-refractivity contribution is 6.04. The van der Waals surface area contributed by atoms with Crippen LogP contribution in [0.25, 0.3) is 0 Å². The van der Waals surface area contributed by atoms with E-state index < -0.39 is 0 Å². The number of nitrogens with zero attached hydrogens (tertiary/aromatic N) is 1. The molecule has 1 aliphatic heterocycles. The van der Waals surface area contributed by atoms with Crippen LogP contribution in [-0.4, -0.2) is 29.9 Å². The molecule has 0 aliphatic carbocycles. The molecule has 90 valence electrons. The number of amides is 1. The number of hydrogen-bond acceptors (Lipinski definition) is 4. The molecule has 0 spiro atoms. The zero-order valence-corrected chi connectivity index (χ0v) is 9.56. The van der Waals surface area contributed by atoms with Gasteiger partial charge in [-0.25, -0.2) is 0 Å². The van der Waals surface area contributed by atoms with Crippen LogP contribution >= 0.6 is 0 Å². The molecular formula is C12H14N2O3. The molecule has 0 fully saturated rings. The second-order valence-corrected chi connectivity index (χ2v) is 4.01. The van der Waals surface area contributed by atoms with Crippen LogP contribution in [0.15, 0.2) is 12.1 Å². The lowest BCUT2D eigenvalue weighted by molar-refractivity contribution is -0.116. The maximum atomic E-state index is 11.7. The van der Waals surface area contributed by atoms with Gasteiger partial charge in [-0.15, -0.1) is 0 Å². The van der Waals surface area contributed by atoms with Crippen molar-refractivity contribution in [3.8, 4) is 5.75 Å². The highest BCUT2D eigenvalue weighted by Gasteiger charge is 2.29. The van der Waals surface area contributed by atoms with Gasteiger partial charge in [0.15, 0.2) is 5.78 Å². The first kappa shape index (κ1) is 11.6. The van der Waals surface area contributed by atoms with Crippen molar-refractivity contribution in [1.82, 2.24) is 0 Å². The Kier molecular flexibility index (Phi) is 2.85. The number of Topliss-reactive ketones (excluding diaryl/α,β-unsaturated/α-hetero) is 1. The first-order valence-corrected chi connectivity index (χ1v) is 5.42. The van der Waals surface area contributed by atoms with Crippen molar-refractivity contribution in [1.29, 1.82) is 0 Å². The molecule has 0 atom stereocenters. The third kappa shape index (κ3) is 1.78. The summed E-state index contributed by atoms with van der Waals surface area (Å²) >= 11 is 0. The Morgan fingerprint density at radius 3 is 2.76 bits per heavy atom. The van der Waals surface area contributed by atoms with Gasteiger partial charge >= 0.3 is 0 Å². The normalized spacial score (nSPS) is 13.6. The second kappa shape index (κ2) is 4.18. The zero-order valence-electron chi connectivity index (χ0n) is 9.56. The summed E-state index contributed by atoms with van der Waals surface area (Å²) in [5.74, 6) is -0.288. The quantitative estimate of drug-likeness (QED) is 0.727. The van der Waals surface area contributed by atoms with E-state index in [-0.39, 0.29) is 24.0 Å². The predicted molar refractivity (Wildman–Crippen MR) is 63.2 cm³/mol. The Hall–Kier alpha value is -1.88. The number of phenolic OH excluding ortho intramolecular Hbond substituents is 1. The fraction of sp³-hybridized carbons (Fsp3) is 0.333. The van der Waals surface area contributed by atoms with E-state index in [0.717, 1.165) is 5.56 Å². The molecule has 0 saturated heterocycles. The number of fused-ring (bicyclic) bond motifs is 1. The Morgan fingerprint density at radius 1 is 1.47 bits per heavy atom. The van der Waals surface area contributed by atoms with Crippen molar-refractivity contribution in [3.63, 3.8) is 0 Å². The molecule has 0 bridgehead atoms. The molecule has 0 aromatic heterocycles. The molecule has 0 saturated carbocycles. The number of benzene rings is 1. The van der Waals surface area contributed by atoms with Gasteiger partial charge in [-0.1, -0.05) is 0 Å². The predicted octanol–water partition coefficient (Wildman–Crippen LogP) is 0.443. The van der Waals surface area contributed by atoms with E-state index in [9.17, 15) is 14.7 Å². The number of carbonyl (C=O) groups is 2. The van der Waals surface area contributed by atoms with E-state index in [0.29, 0.717) is 24.2 Å². The molecule has 5 heteroatoms. The molecule has 1 heterocycles. The van der Waals surface area contributed by atoms with E-state index in [2.05, 4.69) is 0 Å². The summed E-state index contributed by atoms with van der Waals surface area (Å²) in [4.78, 5) is 24.6. The Labute approximate surface area is 98.8 Å². The molecule has 5 nitrogen and oxygen atoms in total. The standard InChI is InChI=1S/C12H14N2O3/c1-7(15)14-5-4-9-8(11(17)6-13)2-3-10(16)12(9)14/h2-3,16H,4-6,13H2,1H3. The Bertz CT molecular complexity index is 497. The molecule has 17 heavy (non-hydrogen) atoms. The molecule has 1 aromatic carbocycles. The van der Waals surface area contributed by atoms with Gasteiger partial charge in [0.05, 0.1) is 12.2 Å². The lowest BCUT2D eigenvalue weighted by Crippen LogP contribution is -2.25. The van der Waals surface area contributed by atoms with Crippen molar-refractivity contribution in [2.75, 3.05) is 18.0 Å². The Balaban J connectivity index is 2.57.